The van der Waals surface area contributed by atoms with Crippen LogP contribution in [0.2, 0.25) is 0 Å². The Hall–Kier alpha value is -1.24. The molecule has 5 nitrogen and oxygen atoms in total. The van der Waals surface area contributed by atoms with Crippen molar-refractivity contribution < 1.29 is 14.4 Å². The van der Waals surface area contributed by atoms with Gasteiger partial charge in [0.1, 0.15) is 0 Å². The smallest absolute Gasteiger partial charge is 0.400 e. The summed E-state index contributed by atoms with van der Waals surface area (Å²) in [6.45, 7) is 9.65. The van der Waals surface area contributed by atoms with Crippen molar-refractivity contribution >= 4 is 13.2 Å². The van der Waals surface area contributed by atoms with E-state index in [2.05, 4.69) is 9.97 Å². The lowest BCUT2D eigenvalue weighted by Gasteiger charge is -2.32. The first-order valence-corrected chi connectivity index (χ1v) is 6.72. The van der Waals surface area contributed by atoms with Crippen molar-refractivity contribution in [3.63, 3.8) is 0 Å². The first kappa shape index (κ1) is 15.2. The molecule has 0 unspecified atom stereocenters. The normalized spacial score (nSPS) is 21.3. The molecule has 1 aromatic rings. The van der Waals surface area contributed by atoms with Gasteiger partial charge in [0, 0.05) is 11.9 Å². The zero-order valence-electron chi connectivity index (χ0n) is 12.7. The van der Waals surface area contributed by atoms with Gasteiger partial charge in [-0.15, -0.1) is 0 Å². The summed E-state index contributed by atoms with van der Waals surface area (Å²) in [6, 6.07) is 1.82. The van der Waals surface area contributed by atoms with E-state index in [9.17, 15) is 5.11 Å². The zero-order chi connectivity index (χ0) is 15.0. The molecule has 2 rings (SSSR count). The van der Waals surface area contributed by atoms with Gasteiger partial charge in [0.15, 0.2) is 5.82 Å². The highest BCUT2D eigenvalue weighted by Gasteiger charge is 2.52. The second kappa shape index (κ2) is 5.28. The summed E-state index contributed by atoms with van der Waals surface area (Å²) in [5, 5.41) is 9.57. The van der Waals surface area contributed by atoms with Gasteiger partial charge < -0.3 is 14.4 Å². The van der Waals surface area contributed by atoms with Crippen molar-refractivity contribution in [1.29, 1.82) is 0 Å². The number of hydrogen-bond donors (Lipinski definition) is 1. The maximum atomic E-state index is 9.57. The minimum absolute atomic E-state index is 0.159. The Morgan fingerprint density at radius 2 is 1.90 bits per heavy atom. The van der Waals surface area contributed by atoms with Gasteiger partial charge in [-0.2, -0.15) is 0 Å². The van der Waals surface area contributed by atoms with E-state index < -0.39 is 18.3 Å². The minimum atomic E-state index is -0.575. The van der Waals surface area contributed by atoms with Crippen molar-refractivity contribution in [2.45, 2.75) is 45.8 Å². The van der Waals surface area contributed by atoms with Gasteiger partial charge >= 0.3 is 7.12 Å². The van der Waals surface area contributed by atoms with Gasteiger partial charge in [0.25, 0.3) is 0 Å². The third-order valence-corrected chi connectivity index (χ3v) is 3.87. The molecule has 20 heavy (non-hydrogen) atoms. The van der Waals surface area contributed by atoms with Gasteiger partial charge in [-0.05, 0) is 52.2 Å². The van der Waals surface area contributed by atoms with Crippen LogP contribution in [-0.4, -0.2) is 40.0 Å². The van der Waals surface area contributed by atoms with Crippen LogP contribution in [0.4, 0.5) is 0 Å². The fourth-order valence-electron chi connectivity index (χ4n) is 1.89. The fourth-order valence-corrected chi connectivity index (χ4v) is 1.89. The highest BCUT2D eigenvalue weighted by Crippen LogP contribution is 2.38. The van der Waals surface area contributed by atoms with Gasteiger partial charge in [0.05, 0.1) is 17.8 Å². The van der Waals surface area contributed by atoms with Crippen LogP contribution >= 0.6 is 0 Å². The molecular formula is C14H21BN2O3. The Kier molecular flexibility index (Phi) is 4.00. The Labute approximate surface area is 120 Å². The maximum absolute atomic E-state index is 9.57. The van der Waals surface area contributed by atoms with Gasteiger partial charge in [0.2, 0.25) is 0 Å². The Morgan fingerprint density at radius 3 is 2.40 bits per heavy atom. The van der Waals surface area contributed by atoms with Gasteiger partial charge in [-0.25, -0.2) is 9.97 Å². The van der Waals surface area contributed by atoms with Crippen LogP contribution in [0.3, 0.4) is 0 Å². The quantitative estimate of drug-likeness (QED) is 0.853. The van der Waals surface area contributed by atoms with E-state index in [1.54, 1.807) is 12.3 Å². The summed E-state index contributed by atoms with van der Waals surface area (Å²) < 4.78 is 11.8. The molecule has 1 aromatic heterocycles. The molecule has 0 atom stereocenters. The predicted octanol–water partition coefficient (Wildman–Crippen LogP) is 1.79. The summed E-state index contributed by atoms with van der Waals surface area (Å²) in [4.78, 5) is 8.46. The minimum Gasteiger partial charge on any atom is -0.400 e. The molecule has 6 heteroatoms. The van der Waals surface area contributed by atoms with E-state index in [1.807, 2.05) is 40.7 Å². The monoisotopic (exact) mass is 276 g/mol. The molecule has 0 spiro atoms. The van der Waals surface area contributed by atoms with Crippen LogP contribution in [0.1, 0.15) is 39.2 Å². The van der Waals surface area contributed by atoms with Gasteiger partial charge in [-0.3, -0.25) is 0 Å². The van der Waals surface area contributed by atoms with Gasteiger partial charge in [-0.1, -0.05) is 0 Å². The number of hydrogen-bond acceptors (Lipinski definition) is 5. The van der Waals surface area contributed by atoms with E-state index in [1.165, 1.54) is 0 Å². The van der Waals surface area contributed by atoms with Crippen LogP contribution in [-0.2, 0) is 9.31 Å². The topological polar surface area (TPSA) is 64.5 Å². The molecule has 0 amide bonds. The molecule has 0 aliphatic carbocycles. The van der Waals surface area contributed by atoms with Crippen LogP contribution in [0.25, 0.3) is 6.08 Å². The number of rotatable bonds is 3. The summed E-state index contributed by atoms with van der Waals surface area (Å²) in [5.41, 5.74) is 0.630. The molecule has 1 aliphatic heterocycles. The van der Waals surface area contributed by atoms with Crippen molar-refractivity contribution in [1.82, 2.24) is 9.97 Å². The van der Waals surface area contributed by atoms with E-state index in [-0.39, 0.29) is 6.61 Å². The van der Waals surface area contributed by atoms with Crippen LogP contribution in [0.15, 0.2) is 17.7 Å². The highest BCUT2D eigenvalue weighted by molar-refractivity contribution is 6.55. The summed E-state index contributed by atoms with van der Waals surface area (Å²) >= 11 is 0. The van der Waals surface area contributed by atoms with Crippen LogP contribution < -0.4 is 0 Å². The van der Waals surface area contributed by atoms with Crippen molar-refractivity contribution in [3.8, 4) is 0 Å². The lowest BCUT2D eigenvalue weighted by atomic mass is 9.78. The van der Waals surface area contributed by atoms with Crippen molar-refractivity contribution in [2.24, 2.45) is 0 Å². The van der Waals surface area contributed by atoms with Crippen molar-refractivity contribution in [2.75, 3.05) is 6.61 Å². The third kappa shape index (κ3) is 2.92. The number of aliphatic hydroxyl groups is 1. The molecule has 108 valence electrons. The fraction of sp³-hybridized carbons (Fsp3) is 0.571. The van der Waals surface area contributed by atoms with Crippen LogP contribution in [0.5, 0.6) is 0 Å². The Balaban J connectivity index is 2.26. The lowest BCUT2D eigenvalue weighted by molar-refractivity contribution is 0.00578. The van der Waals surface area contributed by atoms with E-state index in [0.717, 1.165) is 5.69 Å². The van der Waals surface area contributed by atoms with Crippen LogP contribution in [0, 0.1) is 6.92 Å². The first-order chi connectivity index (χ1) is 9.25. The third-order valence-electron chi connectivity index (χ3n) is 3.87. The molecule has 0 radical (unpaired) electrons. The standard InChI is InChI=1S/C14H21BN2O3/c1-10-6-7-16-12(17-10)8-11(9-18)15-19-13(2,3)14(4,5)20-15/h6-8,18H,9H2,1-5H3. The van der Waals surface area contributed by atoms with E-state index in [4.69, 9.17) is 9.31 Å². The highest BCUT2D eigenvalue weighted by atomic mass is 16.7. The summed E-state index contributed by atoms with van der Waals surface area (Å²) in [6.07, 6.45) is 3.41. The molecule has 1 fully saturated rings. The molecular weight excluding hydrogens is 255 g/mol. The average Bonchev–Trinajstić information content (AvgIpc) is 2.55. The summed E-state index contributed by atoms with van der Waals surface area (Å²) in [7, 11) is -0.575. The number of aryl methyl sites for hydroxylation is 1. The average molecular weight is 276 g/mol. The maximum Gasteiger partial charge on any atom is 0.493 e. The molecule has 0 bridgehead atoms. The largest absolute Gasteiger partial charge is 0.493 e. The number of nitrogens with zero attached hydrogens (tertiary/aromatic N) is 2. The first-order valence-electron chi connectivity index (χ1n) is 6.72. The molecule has 1 saturated heterocycles. The number of aromatic nitrogens is 2. The molecule has 2 heterocycles. The predicted molar refractivity (Wildman–Crippen MR) is 77.9 cm³/mol. The second-order valence-electron chi connectivity index (χ2n) is 6.02. The molecule has 1 N–H and O–H groups in total. The van der Waals surface area contributed by atoms with Crippen molar-refractivity contribution in [3.05, 3.63) is 29.3 Å². The molecule has 0 aromatic carbocycles. The van der Waals surface area contributed by atoms with E-state index in [0.29, 0.717) is 11.3 Å². The lowest BCUT2D eigenvalue weighted by Crippen LogP contribution is -2.41. The molecule has 0 saturated carbocycles. The Bertz CT molecular complexity index is 513. The Morgan fingerprint density at radius 1 is 1.30 bits per heavy atom. The SMILES string of the molecule is Cc1ccnc(C=C(CO)B2OC(C)(C)C(C)(C)O2)n1. The zero-order valence-corrected chi connectivity index (χ0v) is 12.7. The number of aliphatic hydroxyl groups excluding tert-OH is 1. The second-order valence-corrected chi connectivity index (χ2v) is 6.02. The van der Waals surface area contributed by atoms with E-state index >= 15 is 0 Å². The summed E-state index contributed by atoms with van der Waals surface area (Å²) in [5.74, 6) is 0.545. The molecule has 1 aliphatic rings.